The van der Waals surface area contributed by atoms with Gasteiger partial charge in [-0.2, -0.15) is 0 Å². The van der Waals surface area contributed by atoms with Gasteiger partial charge in [0.2, 0.25) is 0 Å². The maximum atomic E-state index is 13.3. The molecule has 1 N–H and O–H groups in total. The predicted octanol–water partition coefficient (Wildman–Crippen LogP) is 4.80. The van der Waals surface area contributed by atoms with Gasteiger partial charge in [-0.3, -0.25) is 0 Å². The second-order valence-electron chi connectivity index (χ2n) is 4.71. The normalized spacial score (nSPS) is 21.2. The SMILES string of the molecule is O[C@@H]1CC(c2ccc(Br)cc2Cl)Oc2cc(F)ccc21. The van der Waals surface area contributed by atoms with E-state index < -0.39 is 11.9 Å². The quantitative estimate of drug-likeness (QED) is 0.794. The minimum atomic E-state index is -0.691. The highest BCUT2D eigenvalue weighted by Crippen LogP contribution is 2.42. The van der Waals surface area contributed by atoms with Gasteiger partial charge in [-0.25, -0.2) is 4.39 Å². The average Bonchev–Trinajstić information content (AvgIpc) is 2.37. The Balaban J connectivity index is 1.98. The number of ether oxygens (including phenoxy) is 1. The summed E-state index contributed by atoms with van der Waals surface area (Å²) < 4.78 is 19.9. The third-order valence-corrected chi connectivity index (χ3v) is 4.17. The largest absolute Gasteiger partial charge is 0.485 e. The molecule has 0 bridgehead atoms. The Labute approximate surface area is 129 Å². The summed E-state index contributed by atoms with van der Waals surface area (Å²) >= 11 is 9.55. The van der Waals surface area contributed by atoms with E-state index in [4.69, 9.17) is 16.3 Å². The lowest BCUT2D eigenvalue weighted by molar-refractivity contribution is 0.0654. The zero-order valence-electron chi connectivity index (χ0n) is 10.3. The van der Waals surface area contributed by atoms with Crippen LogP contribution in [0.2, 0.25) is 5.02 Å². The highest BCUT2D eigenvalue weighted by molar-refractivity contribution is 9.10. The Hall–Kier alpha value is -1.10. The molecule has 0 amide bonds. The Morgan fingerprint density at radius 2 is 1.95 bits per heavy atom. The smallest absolute Gasteiger partial charge is 0.128 e. The van der Waals surface area contributed by atoms with Crippen LogP contribution in [-0.4, -0.2) is 5.11 Å². The molecular formula is C15H11BrClFO2. The van der Waals surface area contributed by atoms with Crippen LogP contribution in [0.4, 0.5) is 4.39 Å². The number of aliphatic hydroxyl groups is 1. The van der Waals surface area contributed by atoms with Gasteiger partial charge in [0.15, 0.2) is 0 Å². The Morgan fingerprint density at radius 3 is 2.70 bits per heavy atom. The van der Waals surface area contributed by atoms with Crippen LogP contribution in [0.3, 0.4) is 0 Å². The minimum absolute atomic E-state index is 0.368. The summed E-state index contributed by atoms with van der Waals surface area (Å²) in [6.07, 6.45) is -0.691. The lowest BCUT2D eigenvalue weighted by Gasteiger charge is -2.30. The van der Waals surface area contributed by atoms with Gasteiger partial charge >= 0.3 is 0 Å². The van der Waals surface area contributed by atoms with E-state index in [0.717, 1.165) is 10.0 Å². The molecule has 1 aliphatic heterocycles. The van der Waals surface area contributed by atoms with E-state index in [9.17, 15) is 9.50 Å². The second kappa shape index (κ2) is 5.35. The maximum absolute atomic E-state index is 13.3. The van der Waals surface area contributed by atoms with Gasteiger partial charge in [-0.05, 0) is 24.3 Å². The molecular weight excluding hydrogens is 347 g/mol. The number of hydrogen-bond acceptors (Lipinski definition) is 2. The zero-order valence-corrected chi connectivity index (χ0v) is 12.7. The molecule has 5 heteroatoms. The van der Waals surface area contributed by atoms with Crippen molar-refractivity contribution < 1.29 is 14.2 Å². The second-order valence-corrected chi connectivity index (χ2v) is 6.03. The third-order valence-electron chi connectivity index (χ3n) is 3.35. The van der Waals surface area contributed by atoms with E-state index in [2.05, 4.69) is 15.9 Å². The molecule has 2 nitrogen and oxygen atoms in total. The highest BCUT2D eigenvalue weighted by atomic mass is 79.9. The summed E-state index contributed by atoms with van der Waals surface area (Å²) in [6.45, 7) is 0. The Morgan fingerprint density at radius 1 is 1.20 bits per heavy atom. The first-order valence-corrected chi connectivity index (χ1v) is 7.31. The number of rotatable bonds is 1. The summed E-state index contributed by atoms with van der Waals surface area (Å²) in [5.41, 5.74) is 1.39. The molecule has 3 rings (SSSR count). The van der Waals surface area contributed by atoms with E-state index in [1.165, 1.54) is 12.1 Å². The van der Waals surface area contributed by atoms with Crippen LogP contribution in [0.25, 0.3) is 0 Å². The summed E-state index contributed by atoms with van der Waals surface area (Å²) in [7, 11) is 0. The molecule has 1 unspecified atom stereocenters. The lowest BCUT2D eigenvalue weighted by Crippen LogP contribution is -2.19. The summed E-state index contributed by atoms with van der Waals surface area (Å²) in [6, 6.07) is 9.63. The molecule has 1 heterocycles. The van der Waals surface area contributed by atoms with Gasteiger partial charge in [0, 0.05) is 33.1 Å². The van der Waals surface area contributed by atoms with Crippen molar-refractivity contribution in [2.45, 2.75) is 18.6 Å². The van der Waals surface area contributed by atoms with Crippen molar-refractivity contribution in [1.82, 2.24) is 0 Å². The highest BCUT2D eigenvalue weighted by Gasteiger charge is 2.29. The lowest BCUT2D eigenvalue weighted by atomic mass is 9.95. The van der Waals surface area contributed by atoms with Crippen LogP contribution in [0, 0.1) is 5.82 Å². The molecule has 2 aromatic rings. The van der Waals surface area contributed by atoms with E-state index >= 15 is 0 Å². The molecule has 0 fully saturated rings. The zero-order chi connectivity index (χ0) is 14.3. The number of aliphatic hydroxyl groups excluding tert-OH is 1. The number of fused-ring (bicyclic) bond motifs is 1. The molecule has 0 radical (unpaired) electrons. The molecule has 20 heavy (non-hydrogen) atoms. The fraction of sp³-hybridized carbons (Fsp3) is 0.200. The van der Waals surface area contributed by atoms with Crippen LogP contribution in [-0.2, 0) is 0 Å². The van der Waals surface area contributed by atoms with E-state index in [0.29, 0.717) is 22.8 Å². The average molecular weight is 358 g/mol. The van der Waals surface area contributed by atoms with Crippen LogP contribution in [0.5, 0.6) is 5.75 Å². The molecule has 0 saturated carbocycles. The first-order chi connectivity index (χ1) is 9.54. The summed E-state index contributed by atoms with van der Waals surface area (Å²) in [5, 5.41) is 10.7. The topological polar surface area (TPSA) is 29.5 Å². The monoisotopic (exact) mass is 356 g/mol. The van der Waals surface area contributed by atoms with Gasteiger partial charge in [0.05, 0.1) is 6.10 Å². The molecule has 104 valence electrons. The van der Waals surface area contributed by atoms with Gasteiger partial charge in [-0.1, -0.05) is 33.6 Å². The molecule has 0 aromatic heterocycles. The van der Waals surface area contributed by atoms with Gasteiger partial charge in [-0.15, -0.1) is 0 Å². The number of hydrogen-bond donors (Lipinski definition) is 1. The minimum Gasteiger partial charge on any atom is -0.485 e. The first kappa shape index (κ1) is 13.9. The number of benzene rings is 2. The van der Waals surface area contributed by atoms with Crippen molar-refractivity contribution in [3.05, 3.63) is 62.8 Å². The van der Waals surface area contributed by atoms with Crippen molar-refractivity contribution in [1.29, 1.82) is 0 Å². The fourth-order valence-electron chi connectivity index (χ4n) is 2.37. The molecule has 0 saturated heterocycles. The molecule has 1 aliphatic rings. The van der Waals surface area contributed by atoms with Gasteiger partial charge in [0.25, 0.3) is 0 Å². The van der Waals surface area contributed by atoms with Crippen LogP contribution in [0.15, 0.2) is 40.9 Å². The molecule has 0 spiro atoms. The maximum Gasteiger partial charge on any atom is 0.128 e. The van der Waals surface area contributed by atoms with Crippen molar-refractivity contribution >= 4 is 27.5 Å². The van der Waals surface area contributed by atoms with E-state index in [-0.39, 0.29) is 6.10 Å². The first-order valence-electron chi connectivity index (χ1n) is 6.13. The summed E-state index contributed by atoms with van der Waals surface area (Å²) in [4.78, 5) is 0. The summed E-state index contributed by atoms with van der Waals surface area (Å²) in [5.74, 6) is -0.0220. The Kier molecular flexibility index (Phi) is 3.71. The van der Waals surface area contributed by atoms with Crippen molar-refractivity contribution in [2.24, 2.45) is 0 Å². The van der Waals surface area contributed by atoms with Gasteiger partial charge in [0.1, 0.15) is 17.7 Å². The Bertz CT molecular complexity index is 662. The van der Waals surface area contributed by atoms with E-state index in [1.54, 1.807) is 12.1 Å². The molecule has 2 atom stereocenters. The number of halogens is 3. The van der Waals surface area contributed by atoms with Crippen molar-refractivity contribution in [3.63, 3.8) is 0 Å². The predicted molar refractivity (Wildman–Crippen MR) is 78.5 cm³/mol. The van der Waals surface area contributed by atoms with Crippen LogP contribution < -0.4 is 4.74 Å². The van der Waals surface area contributed by atoms with E-state index in [1.807, 2.05) is 12.1 Å². The van der Waals surface area contributed by atoms with Crippen molar-refractivity contribution in [3.8, 4) is 5.75 Å². The standard InChI is InChI=1S/C15H11BrClFO2/c16-8-1-3-10(12(17)5-8)15-7-13(19)11-4-2-9(18)6-14(11)20-15/h1-6,13,15,19H,7H2/t13-,15?/m1/s1. The fourth-order valence-corrected chi connectivity index (χ4v) is 3.16. The molecule has 0 aliphatic carbocycles. The van der Waals surface area contributed by atoms with Crippen LogP contribution in [0.1, 0.15) is 29.8 Å². The van der Waals surface area contributed by atoms with Crippen molar-refractivity contribution in [2.75, 3.05) is 0 Å². The van der Waals surface area contributed by atoms with Gasteiger partial charge < -0.3 is 9.84 Å². The molecule has 2 aromatic carbocycles. The van der Waals surface area contributed by atoms with Crippen LogP contribution >= 0.6 is 27.5 Å². The third kappa shape index (κ3) is 2.55.